The Hall–Kier alpha value is -2.64. The Labute approximate surface area is 158 Å². The van der Waals surface area contributed by atoms with Gasteiger partial charge in [0.25, 0.3) is 5.91 Å². The van der Waals surface area contributed by atoms with Crippen molar-refractivity contribution in [1.82, 2.24) is 4.98 Å². The molecule has 0 aliphatic carbocycles. The maximum atomic E-state index is 13.2. The minimum Gasteiger partial charge on any atom is -0.497 e. The summed E-state index contributed by atoms with van der Waals surface area (Å²) in [5.74, 6) is -0.154. The molecule has 5 nitrogen and oxygen atoms in total. The Kier molecular flexibility index (Phi) is 5.39. The molecule has 26 heavy (non-hydrogen) atoms. The number of aromatic nitrogens is 1. The van der Waals surface area contributed by atoms with Crippen LogP contribution >= 0.6 is 22.9 Å². The molecule has 0 fully saturated rings. The number of benzene rings is 2. The normalized spacial score (nSPS) is 10.5. The van der Waals surface area contributed by atoms with Crippen molar-refractivity contribution in [2.45, 2.75) is 6.92 Å². The molecule has 1 heterocycles. The number of methoxy groups -OCH3 is 1. The number of anilines is 3. The number of hydrogen-bond acceptors (Lipinski definition) is 5. The summed E-state index contributed by atoms with van der Waals surface area (Å²) in [4.78, 5) is 17.3. The molecule has 2 N–H and O–H groups in total. The maximum Gasteiger partial charge on any atom is 0.267 e. The zero-order valence-electron chi connectivity index (χ0n) is 14.0. The van der Waals surface area contributed by atoms with Gasteiger partial charge in [-0.3, -0.25) is 4.79 Å². The van der Waals surface area contributed by atoms with E-state index in [1.165, 1.54) is 29.5 Å². The molecule has 0 unspecified atom stereocenters. The Morgan fingerprint density at radius 2 is 2.04 bits per heavy atom. The first-order valence-corrected chi connectivity index (χ1v) is 8.80. The van der Waals surface area contributed by atoms with Gasteiger partial charge >= 0.3 is 0 Å². The summed E-state index contributed by atoms with van der Waals surface area (Å²) in [7, 11) is 1.59. The Bertz CT molecular complexity index is 961. The molecular weight excluding hydrogens is 377 g/mol. The smallest absolute Gasteiger partial charge is 0.267 e. The highest BCUT2D eigenvalue weighted by Crippen LogP contribution is 2.28. The maximum absolute atomic E-state index is 13.2. The summed E-state index contributed by atoms with van der Waals surface area (Å²) in [6.07, 6.45) is 0. The average Bonchev–Trinajstić information content (AvgIpc) is 2.98. The number of aryl methyl sites for hydroxylation is 1. The third-order valence-corrected chi connectivity index (χ3v) is 4.86. The van der Waals surface area contributed by atoms with Crippen LogP contribution < -0.4 is 15.4 Å². The van der Waals surface area contributed by atoms with E-state index in [9.17, 15) is 9.18 Å². The predicted molar refractivity (Wildman–Crippen MR) is 102 cm³/mol. The van der Waals surface area contributed by atoms with Crippen LogP contribution in [0, 0.1) is 12.7 Å². The number of halogens is 2. The van der Waals surface area contributed by atoms with Crippen molar-refractivity contribution >= 4 is 45.4 Å². The van der Waals surface area contributed by atoms with E-state index in [4.69, 9.17) is 16.3 Å². The van der Waals surface area contributed by atoms with Crippen molar-refractivity contribution in [2.24, 2.45) is 0 Å². The number of nitrogens with one attached hydrogen (secondary N) is 2. The van der Waals surface area contributed by atoms with Crippen LogP contribution in [0.2, 0.25) is 5.02 Å². The van der Waals surface area contributed by atoms with Gasteiger partial charge in [-0.2, -0.15) is 0 Å². The summed E-state index contributed by atoms with van der Waals surface area (Å²) < 4.78 is 18.4. The van der Waals surface area contributed by atoms with E-state index in [0.29, 0.717) is 21.4 Å². The fourth-order valence-electron chi connectivity index (χ4n) is 2.25. The van der Waals surface area contributed by atoms with Gasteiger partial charge in [-0.25, -0.2) is 9.37 Å². The Balaban J connectivity index is 1.76. The first-order valence-electron chi connectivity index (χ1n) is 7.61. The predicted octanol–water partition coefficient (Wildman–Crippen LogP) is 5.25. The fraction of sp³-hybridized carbons (Fsp3) is 0.111. The number of rotatable bonds is 5. The summed E-state index contributed by atoms with van der Waals surface area (Å²) >= 11 is 6.96. The number of carbonyl (C=O) groups excluding carboxylic acids is 1. The minimum absolute atomic E-state index is 0.0517. The van der Waals surface area contributed by atoms with Crippen LogP contribution in [0.1, 0.15) is 15.4 Å². The summed E-state index contributed by atoms with van der Waals surface area (Å²) in [6, 6.07) is 11.4. The van der Waals surface area contributed by atoms with E-state index >= 15 is 0 Å². The molecule has 3 aromatic rings. The first kappa shape index (κ1) is 18.2. The molecule has 0 bridgehead atoms. The molecule has 0 saturated carbocycles. The number of ether oxygens (including phenoxy) is 1. The van der Waals surface area contributed by atoms with Crippen LogP contribution in [-0.2, 0) is 0 Å². The third kappa shape index (κ3) is 4.12. The van der Waals surface area contributed by atoms with E-state index in [2.05, 4.69) is 15.6 Å². The van der Waals surface area contributed by atoms with Crippen LogP contribution in [0.3, 0.4) is 0 Å². The lowest BCUT2D eigenvalue weighted by Gasteiger charge is -2.05. The van der Waals surface area contributed by atoms with E-state index in [1.54, 1.807) is 14.0 Å². The minimum atomic E-state index is -0.539. The van der Waals surface area contributed by atoms with Gasteiger partial charge in [-0.1, -0.05) is 29.0 Å². The standard InChI is InChI=1S/C18H15ClFN3O2S/c1-10-16(17(24)22-12-6-7-15(20)14(19)9-12)26-18(21-10)23-11-4-3-5-13(8-11)25-2/h3-9H,1-2H3,(H,21,23)(H,22,24). The average molecular weight is 392 g/mol. The van der Waals surface area contributed by atoms with Gasteiger partial charge < -0.3 is 15.4 Å². The van der Waals surface area contributed by atoms with Crippen LogP contribution in [0.25, 0.3) is 0 Å². The van der Waals surface area contributed by atoms with Gasteiger partial charge in [0.2, 0.25) is 0 Å². The number of nitrogens with zero attached hydrogens (tertiary/aromatic N) is 1. The lowest BCUT2D eigenvalue weighted by Crippen LogP contribution is -2.11. The molecule has 3 rings (SSSR count). The van der Waals surface area contributed by atoms with Crippen LogP contribution in [0.15, 0.2) is 42.5 Å². The quantitative estimate of drug-likeness (QED) is 0.623. The molecule has 0 saturated heterocycles. The van der Waals surface area contributed by atoms with Gasteiger partial charge in [0, 0.05) is 17.4 Å². The zero-order valence-corrected chi connectivity index (χ0v) is 15.5. The molecule has 0 spiro atoms. The van der Waals surface area contributed by atoms with Gasteiger partial charge in [-0.05, 0) is 37.3 Å². The Morgan fingerprint density at radius 3 is 2.77 bits per heavy atom. The van der Waals surface area contributed by atoms with E-state index < -0.39 is 5.82 Å². The second kappa shape index (κ2) is 7.72. The molecule has 134 valence electrons. The van der Waals surface area contributed by atoms with Crippen molar-refractivity contribution in [3.63, 3.8) is 0 Å². The van der Waals surface area contributed by atoms with Crippen molar-refractivity contribution in [2.75, 3.05) is 17.7 Å². The summed E-state index contributed by atoms with van der Waals surface area (Å²) in [6.45, 7) is 1.75. The molecule has 1 amide bonds. The molecular formula is C18H15ClFN3O2S. The van der Waals surface area contributed by atoms with E-state index in [0.717, 1.165) is 11.4 Å². The van der Waals surface area contributed by atoms with Crippen LogP contribution in [0.5, 0.6) is 5.75 Å². The van der Waals surface area contributed by atoms with Crippen molar-refractivity contribution in [1.29, 1.82) is 0 Å². The van der Waals surface area contributed by atoms with E-state index in [-0.39, 0.29) is 10.9 Å². The number of amides is 1. The molecule has 0 aliphatic rings. The van der Waals surface area contributed by atoms with E-state index in [1.807, 2.05) is 24.3 Å². The summed E-state index contributed by atoms with van der Waals surface area (Å²) in [5.41, 5.74) is 1.80. The second-order valence-electron chi connectivity index (χ2n) is 5.37. The molecule has 0 radical (unpaired) electrons. The van der Waals surface area contributed by atoms with Crippen molar-refractivity contribution in [3.8, 4) is 5.75 Å². The SMILES string of the molecule is COc1cccc(Nc2nc(C)c(C(=O)Nc3ccc(F)c(Cl)c3)s2)c1. The number of thiazole rings is 1. The highest BCUT2D eigenvalue weighted by atomic mass is 35.5. The highest BCUT2D eigenvalue weighted by Gasteiger charge is 2.16. The van der Waals surface area contributed by atoms with Gasteiger partial charge in [-0.15, -0.1) is 0 Å². The fourth-order valence-corrected chi connectivity index (χ4v) is 3.31. The Morgan fingerprint density at radius 1 is 1.23 bits per heavy atom. The zero-order chi connectivity index (χ0) is 18.7. The van der Waals surface area contributed by atoms with Gasteiger partial charge in [0.05, 0.1) is 17.8 Å². The molecule has 1 aromatic heterocycles. The highest BCUT2D eigenvalue weighted by molar-refractivity contribution is 7.17. The molecule has 0 aliphatic heterocycles. The van der Waals surface area contributed by atoms with Crippen LogP contribution in [-0.4, -0.2) is 18.0 Å². The molecule has 2 aromatic carbocycles. The number of hydrogen-bond donors (Lipinski definition) is 2. The second-order valence-corrected chi connectivity index (χ2v) is 6.78. The number of carbonyl (C=O) groups is 1. The van der Waals surface area contributed by atoms with Gasteiger partial charge in [0.1, 0.15) is 16.4 Å². The lowest BCUT2D eigenvalue weighted by atomic mass is 10.3. The van der Waals surface area contributed by atoms with Crippen LogP contribution in [0.4, 0.5) is 20.9 Å². The monoisotopic (exact) mass is 391 g/mol. The summed E-state index contributed by atoms with van der Waals surface area (Å²) in [5, 5.41) is 6.38. The van der Waals surface area contributed by atoms with Crippen molar-refractivity contribution in [3.05, 3.63) is 63.9 Å². The van der Waals surface area contributed by atoms with Crippen molar-refractivity contribution < 1.29 is 13.9 Å². The molecule has 0 atom stereocenters. The van der Waals surface area contributed by atoms with Gasteiger partial charge in [0.15, 0.2) is 5.13 Å². The lowest BCUT2D eigenvalue weighted by molar-refractivity contribution is 0.103. The first-order chi connectivity index (χ1) is 12.5. The topological polar surface area (TPSA) is 63.2 Å². The largest absolute Gasteiger partial charge is 0.497 e. The molecule has 8 heteroatoms. The third-order valence-electron chi connectivity index (χ3n) is 3.50.